The van der Waals surface area contributed by atoms with Crippen LogP contribution in [0.25, 0.3) is 0 Å². The Labute approximate surface area is 127 Å². The first-order valence-electron chi connectivity index (χ1n) is 6.20. The monoisotopic (exact) mass is 303 g/mol. The Morgan fingerprint density at radius 3 is 2.52 bits per heavy atom. The van der Waals surface area contributed by atoms with E-state index in [0.717, 1.165) is 0 Å². The molecule has 0 aliphatic rings. The van der Waals surface area contributed by atoms with Crippen LogP contribution in [0.15, 0.2) is 42.5 Å². The summed E-state index contributed by atoms with van der Waals surface area (Å²) in [5.74, 6) is -0.588. The number of nitrogen functional groups attached to an aromatic ring is 1. The van der Waals surface area contributed by atoms with Gasteiger partial charge >= 0.3 is 0 Å². The Bertz CT molecular complexity index is 701. The van der Waals surface area contributed by atoms with E-state index in [1.165, 1.54) is 6.07 Å². The van der Waals surface area contributed by atoms with Gasteiger partial charge in [-0.25, -0.2) is 0 Å². The van der Waals surface area contributed by atoms with Crippen molar-refractivity contribution in [3.05, 3.63) is 58.6 Å². The average Bonchev–Trinajstić information content (AvgIpc) is 2.46. The van der Waals surface area contributed by atoms with Crippen molar-refractivity contribution in [2.45, 2.75) is 0 Å². The molecule has 21 heavy (non-hydrogen) atoms. The van der Waals surface area contributed by atoms with Gasteiger partial charge in [0.1, 0.15) is 0 Å². The van der Waals surface area contributed by atoms with Gasteiger partial charge in [-0.15, -0.1) is 0 Å². The molecule has 2 amide bonds. The highest BCUT2D eigenvalue weighted by atomic mass is 35.5. The van der Waals surface area contributed by atoms with Crippen LogP contribution >= 0.6 is 11.6 Å². The smallest absolute Gasteiger partial charge is 0.257 e. The minimum Gasteiger partial charge on any atom is -0.398 e. The molecule has 6 heteroatoms. The lowest BCUT2D eigenvalue weighted by atomic mass is 10.1. The summed E-state index contributed by atoms with van der Waals surface area (Å²) in [6, 6.07) is 11.3. The zero-order chi connectivity index (χ0) is 15.4. The number of nitrogens with one attached hydrogen (secondary N) is 2. The van der Waals surface area contributed by atoms with Crippen molar-refractivity contribution in [2.75, 3.05) is 18.1 Å². The number of nitrogens with two attached hydrogens (primary N) is 1. The van der Waals surface area contributed by atoms with Crippen LogP contribution in [0.1, 0.15) is 20.7 Å². The van der Waals surface area contributed by atoms with E-state index in [1.54, 1.807) is 43.4 Å². The summed E-state index contributed by atoms with van der Waals surface area (Å²) < 4.78 is 0. The SMILES string of the molecule is CNC(=O)c1cccc(NC(=O)c2ccc(Cl)cc2N)c1. The Morgan fingerprint density at radius 2 is 1.86 bits per heavy atom. The molecule has 0 fully saturated rings. The molecule has 0 aliphatic carbocycles. The Kier molecular flexibility index (Phi) is 4.45. The molecule has 0 heterocycles. The predicted octanol–water partition coefficient (Wildman–Crippen LogP) is 2.53. The van der Waals surface area contributed by atoms with Crippen molar-refractivity contribution in [1.29, 1.82) is 0 Å². The van der Waals surface area contributed by atoms with Crippen LogP contribution in [0.3, 0.4) is 0 Å². The molecule has 0 spiro atoms. The summed E-state index contributed by atoms with van der Waals surface area (Å²) in [5.41, 5.74) is 7.35. The van der Waals surface area contributed by atoms with Crippen LogP contribution in [-0.2, 0) is 0 Å². The number of anilines is 2. The molecular formula is C15H14ClN3O2. The molecular weight excluding hydrogens is 290 g/mol. The van der Waals surface area contributed by atoms with Gasteiger partial charge in [0.05, 0.1) is 5.56 Å². The molecule has 0 atom stereocenters. The molecule has 0 aromatic heterocycles. The molecule has 2 aromatic carbocycles. The first kappa shape index (κ1) is 14.9. The third-order valence-electron chi connectivity index (χ3n) is 2.87. The number of hydrogen-bond acceptors (Lipinski definition) is 3. The van der Waals surface area contributed by atoms with Crippen LogP contribution in [0.2, 0.25) is 5.02 Å². The van der Waals surface area contributed by atoms with Crippen molar-refractivity contribution in [3.63, 3.8) is 0 Å². The molecule has 0 bridgehead atoms. The first-order chi connectivity index (χ1) is 10.0. The number of carbonyl (C=O) groups excluding carboxylic acids is 2. The van der Waals surface area contributed by atoms with Gasteiger partial charge in [0.15, 0.2) is 0 Å². The maximum Gasteiger partial charge on any atom is 0.257 e. The fourth-order valence-electron chi connectivity index (χ4n) is 1.82. The van der Waals surface area contributed by atoms with E-state index < -0.39 is 0 Å². The van der Waals surface area contributed by atoms with E-state index >= 15 is 0 Å². The van der Waals surface area contributed by atoms with Crippen LogP contribution in [0, 0.1) is 0 Å². The van der Waals surface area contributed by atoms with E-state index in [1.807, 2.05) is 0 Å². The normalized spacial score (nSPS) is 10.0. The molecule has 0 radical (unpaired) electrons. The van der Waals surface area contributed by atoms with Crippen molar-refractivity contribution in [3.8, 4) is 0 Å². The van der Waals surface area contributed by atoms with Gasteiger partial charge in [-0.05, 0) is 36.4 Å². The molecule has 0 saturated carbocycles. The average molecular weight is 304 g/mol. The van der Waals surface area contributed by atoms with Gasteiger partial charge in [-0.3, -0.25) is 9.59 Å². The van der Waals surface area contributed by atoms with Crippen molar-refractivity contribution < 1.29 is 9.59 Å². The van der Waals surface area contributed by atoms with Crippen molar-refractivity contribution >= 4 is 34.8 Å². The van der Waals surface area contributed by atoms with Gasteiger partial charge in [0.2, 0.25) is 0 Å². The predicted molar refractivity (Wildman–Crippen MR) is 83.6 cm³/mol. The zero-order valence-corrected chi connectivity index (χ0v) is 12.1. The van der Waals surface area contributed by atoms with Gasteiger partial charge in [-0.2, -0.15) is 0 Å². The second kappa shape index (κ2) is 6.28. The number of rotatable bonds is 3. The minimum absolute atomic E-state index is 0.225. The van der Waals surface area contributed by atoms with Crippen LogP contribution in [0.5, 0.6) is 0 Å². The third-order valence-corrected chi connectivity index (χ3v) is 3.10. The maximum atomic E-state index is 12.2. The van der Waals surface area contributed by atoms with E-state index in [-0.39, 0.29) is 11.8 Å². The maximum absolute atomic E-state index is 12.2. The Balaban J connectivity index is 2.21. The first-order valence-corrected chi connectivity index (χ1v) is 6.57. The zero-order valence-electron chi connectivity index (χ0n) is 11.3. The summed E-state index contributed by atoms with van der Waals surface area (Å²) in [6.45, 7) is 0. The number of amides is 2. The Morgan fingerprint density at radius 1 is 1.10 bits per heavy atom. The largest absolute Gasteiger partial charge is 0.398 e. The lowest BCUT2D eigenvalue weighted by Gasteiger charge is -2.09. The molecule has 2 rings (SSSR count). The van der Waals surface area contributed by atoms with Gasteiger partial charge in [0, 0.05) is 29.0 Å². The van der Waals surface area contributed by atoms with Crippen LogP contribution < -0.4 is 16.4 Å². The minimum atomic E-state index is -0.363. The lowest BCUT2D eigenvalue weighted by molar-refractivity contribution is 0.0961. The summed E-state index contributed by atoms with van der Waals surface area (Å²) in [4.78, 5) is 23.7. The molecule has 2 aromatic rings. The van der Waals surface area contributed by atoms with Gasteiger partial charge < -0.3 is 16.4 Å². The second-order valence-corrected chi connectivity index (χ2v) is 4.78. The number of benzene rings is 2. The summed E-state index contributed by atoms with van der Waals surface area (Å²) in [7, 11) is 1.54. The lowest BCUT2D eigenvalue weighted by Crippen LogP contribution is -2.18. The highest BCUT2D eigenvalue weighted by molar-refractivity contribution is 6.31. The van der Waals surface area contributed by atoms with Crippen molar-refractivity contribution in [2.24, 2.45) is 0 Å². The number of hydrogen-bond donors (Lipinski definition) is 3. The molecule has 108 valence electrons. The third kappa shape index (κ3) is 3.52. The second-order valence-electron chi connectivity index (χ2n) is 4.35. The molecule has 5 nitrogen and oxygen atoms in total. The number of carbonyl (C=O) groups is 2. The van der Waals surface area contributed by atoms with Crippen LogP contribution in [-0.4, -0.2) is 18.9 Å². The molecule has 0 unspecified atom stereocenters. The number of halogens is 1. The fraction of sp³-hybridized carbons (Fsp3) is 0.0667. The molecule has 0 aliphatic heterocycles. The topological polar surface area (TPSA) is 84.2 Å². The van der Waals surface area contributed by atoms with E-state index in [0.29, 0.717) is 27.5 Å². The van der Waals surface area contributed by atoms with E-state index in [9.17, 15) is 9.59 Å². The van der Waals surface area contributed by atoms with Crippen LogP contribution in [0.4, 0.5) is 11.4 Å². The fourth-order valence-corrected chi connectivity index (χ4v) is 2.00. The van der Waals surface area contributed by atoms with E-state index in [2.05, 4.69) is 10.6 Å². The summed E-state index contributed by atoms with van der Waals surface area (Å²) in [6.07, 6.45) is 0. The van der Waals surface area contributed by atoms with Gasteiger partial charge in [-0.1, -0.05) is 17.7 Å². The Hall–Kier alpha value is -2.53. The quantitative estimate of drug-likeness (QED) is 0.762. The molecule has 0 saturated heterocycles. The highest BCUT2D eigenvalue weighted by Crippen LogP contribution is 2.20. The highest BCUT2D eigenvalue weighted by Gasteiger charge is 2.11. The van der Waals surface area contributed by atoms with Crippen molar-refractivity contribution in [1.82, 2.24) is 5.32 Å². The molecule has 4 N–H and O–H groups in total. The van der Waals surface area contributed by atoms with E-state index in [4.69, 9.17) is 17.3 Å². The summed E-state index contributed by atoms with van der Waals surface area (Å²) >= 11 is 5.80. The summed E-state index contributed by atoms with van der Waals surface area (Å²) in [5, 5.41) is 5.68. The standard InChI is InChI=1S/C15H14ClN3O2/c1-18-14(20)9-3-2-4-11(7-9)19-15(21)12-6-5-10(16)8-13(12)17/h2-8H,17H2,1H3,(H,18,20)(H,19,21). The van der Waals surface area contributed by atoms with Gasteiger partial charge in [0.25, 0.3) is 11.8 Å².